The molecule has 10 heteroatoms. The Bertz CT molecular complexity index is 1480. The van der Waals surface area contributed by atoms with Crippen molar-refractivity contribution in [1.82, 2.24) is 14.9 Å². The van der Waals surface area contributed by atoms with E-state index in [-0.39, 0.29) is 24.6 Å². The van der Waals surface area contributed by atoms with Crippen LogP contribution in [0, 0.1) is 0 Å². The molecule has 1 fully saturated rings. The number of hydrogen-bond acceptors (Lipinski definition) is 6. The molecular formula is C29H29N5O4S. The van der Waals surface area contributed by atoms with Gasteiger partial charge in [-0.1, -0.05) is 18.2 Å². The van der Waals surface area contributed by atoms with Crippen molar-refractivity contribution >= 4 is 34.6 Å². The fourth-order valence-corrected chi connectivity index (χ4v) is 5.22. The molecule has 0 spiro atoms. The van der Waals surface area contributed by atoms with Crippen LogP contribution in [0.2, 0.25) is 0 Å². The number of thiocarbonyl (C=S) groups is 1. The molecule has 39 heavy (non-hydrogen) atoms. The Morgan fingerprint density at radius 3 is 2.54 bits per heavy atom. The zero-order valence-corrected chi connectivity index (χ0v) is 22.6. The highest BCUT2D eigenvalue weighted by atomic mass is 32.1. The number of anilines is 2. The number of nitrogens with one attached hydrogen (secondary N) is 2. The molecule has 200 valence electrons. The molecule has 1 aliphatic rings. The summed E-state index contributed by atoms with van der Waals surface area (Å²) in [6.45, 7) is -0.0755. The lowest BCUT2D eigenvalue weighted by Crippen LogP contribution is -2.30. The summed E-state index contributed by atoms with van der Waals surface area (Å²) in [5, 5.41) is 6.89. The monoisotopic (exact) mass is 543 g/mol. The zero-order chi connectivity index (χ0) is 27.4. The normalized spacial score (nSPS) is 16.6. The first kappa shape index (κ1) is 26.2. The fraction of sp³-hybridized carbons (Fsp3) is 0.207. The van der Waals surface area contributed by atoms with Gasteiger partial charge in [-0.2, -0.15) is 0 Å². The van der Waals surface area contributed by atoms with E-state index in [4.69, 9.17) is 26.4 Å². The maximum absolute atomic E-state index is 12.4. The Hall–Kier alpha value is -4.41. The van der Waals surface area contributed by atoms with Crippen molar-refractivity contribution in [2.75, 3.05) is 38.2 Å². The van der Waals surface area contributed by atoms with E-state index < -0.39 is 0 Å². The summed E-state index contributed by atoms with van der Waals surface area (Å²) in [7, 11) is 4.69. The summed E-state index contributed by atoms with van der Waals surface area (Å²) in [5.74, 6) is 0.983. The highest BCUT2D eigenvalue weighted by molar-refractivity contribution is 7.80. The van der Waals surface area contributed by atoms with Crippen LogP contribution >= 0.6 is 12.2 Å². The van der Waals surface area contributed by atoms with E-state index in [9.17, 15) is 4.79 Å². The maximum Gasteiger partial charge on any atom is 0.250 e. The Labute approximate surface area is 232 Å². The Morgan fingerprint density at radius 2 is 1.79 bits per heavy atom. The van der Waals surface area contributed by atoms with Crippen molar-refractivity contribution in [3.8, 4) is 17.2 Å². The number of benzene rings is 2. The minimum atomic E-state index is -0.289. The van der Waals surface area contributed by atoms with Gasteiger partial charge in [-0.25, -0.2) is 0 Å². The predicted octanol–water partition coefficient (Wildman–Crippen LogP) is 4.65. The van der Waals surface area contributed by atoms with E-state index in [1.54, 1.807) is 20.4 Å². The molecule has 3 heterocycles. The maximum atomic E-state index is 12.4. The third kappa shape index (κ3) is 5.16. The fourth-order valence-electron chi connectivity index (χ4n) is 4.88. The number of amides is 1. The van der Waals surface area contributed by atoms with Gasteiger partial charge in [0.1, 0.15) is 24.1 Å². The molecule has 5 rings (SSSR count). The standard InChI is InChI=1S/C29H29N5O4S/c1-36-18-26(35)31-21-17-19(13-14-24(21)37-2)34-28(27(32-29(34)39)20-9-6-7-15-30-20)23-11-8-16-33(23)22-10-4-5-12-25(22)38-3/h4-17,27-28H,18H2,1-3H3,(H,31,35)(H,32,39)/t27-,28-/m0/s1. The summed E-state index contributed by atoms with van der Waals surface area (Å²) < 4.78 is 18.3. The quantitative estimate of drug-likeness (QED) is 0.295. The SMILES string of the molecule is COCC(=O)Nc1cc(N2C(=S)N[C@@H](c3ccccn3)[C@@H]2c2cccn2-c2ccccc2OC)ccc1OC. The van der Waals surface area contributed by atoms with Crippen LogP contribution in [0.4, 0.5) is 11.4 Å². The molecule has 9 nitrogen and oxygen atoms in total. The Balaban J connectivity index is 1.64. The van der Waals surface area contributed by atoms with Crippen LogP contribution in [-0.2, 0) is 9.53 Å². The van der Waals surface area contributed by atoms with Crippen LogP contribution < -0.4 is 25.0 Å². The number of nitrogens with zero attached hydrogens (tertiary/aromatic N) is 3. The number of hydrogen-bond donors (Lipinski definition) is 2. The van der Waals surface area contributed by atoms with Gasteiger partial charge in [0.15, 0.2) is 5.11 Å². The Kier molecular flexibility index (Phi) is 7.76. The van der Waals surface area contributed by atoms with E-state index in [1.165, 1.54) is 7.11 Å². The molecule has 2 atom stereocenters. The lowest BCUT2D eigenvalue weighted by atomic mass is 10.0. The Morgan fingerprint density at radius 1 is 1.00 bits per heavy atom. The second-order valence-corrected chi connectivity index (χ2v) is 9.22. The molecule has 1 saturated heterocycles. The van der Waals surface area contributed by atoms with Crippen LogP contribution in [0.5, 0.6) is 11.5 Å². The second-order valence-electron chi connectivity index (χ2n) is 8.84. The minimum Gasteiger partial charge on any atom is -0.495 e. The minimum absolute atomic E-state index is 0.0755. The topological polar surface area (TPSA) is 89.9 Å². The molecule has 0 bridgehead atoms. The number of methoxy groups -OCH3 is 3. The smallest absolute Gasteiger partial charge is 0.250 e. The number of aromatic nitrogens is 2. The number of carbonyl (C=O) groups excluding carboxylic acids is 1. The second kappa shape index (κ2) is 11.5. The predicted molar refractivity (Wildman–Crippen MR) is 154 cm³/mol. The third-order valence-corrected chi connectivity index (χ3v) is 6.85. The molecule has 0 unspecified atom stereocenters. The van der Waals surface area contributed by atoms with Gasteiger partial charge in [0, 0.05) is 30.9 Å². The molecule has 0 radical (unpaired) electrons. The molecule has 2 N–H and O–H groups in total. The lowest BCUT2D eigenvalue weighted by Gasteiger charge is -2.29. The van der Waals surface area contributed by atoms with Gasteiger partial charge in [-0.05, 0) is 66.8 Å². The highest BCUT2D eigenvalue weighted by Gasteiger charge is 2.42. The molecule has 0 saturated carbocycles. The summed E-state index contributed by atoms with van der Waals surface area (Å²) >= 11 is 5.91. The van der Waals surface area contributed by atoms with Gasteiger partial charge in [0.25, 0.3) is 0 Å². The molecule has 2 aromatic carbocycles. The van der Waals surface area contributed by atoms with Gasteiger partial charge < -0.3 is 34.3 Å². The molecule has 2 aromatic heterocycles. The van der Waals surface area contributed by atoms with Crippen LogP contribution in [0.3, 0.4) is 0 Å². The third-order valence-electron chi connectivity index (χ3n) is 6.54. The molecule has 1 aliphatic heterocycles. The van der Waals surface area contributed by atoms with Crippen molar-refractivity contribution in [3.63, 3.8) is 0 Å². The van der Waals surface area contributed by atoms with Crippen LogP contribution in [0.1, 0.15) is 23.5 Å². The number of ether oxygens (including phenoxy) is 3. The zero-order valence-electron chi connectivity index (χ0n) is 21.8. The molecular weight excluding hydrogens is 514 g/mol. The van der Waals surface area contributed by atoms with E-state index in [1.807, 2.05) is 77.8 Å². The lowest BCUT2D eigenvalue weighted by molar-refractivity contribution is -0.119. The van der Waals surface area contributed by atoms with Crippen LogP contribution in [0.15, 0.2) is 85.2 Å². The first-order chi connectivity index (χ1) is 19.0. The summed E-state index contributed by atoms with van der Waals surface area (Å²) in [5.41, 5.74) is 4.02. The summed E-state index contributed by atoms with van der Waals surface area (Å²) in [6.07, 6.45) is 3.78. The van der Waals surface area contributed by atoms with Gasteiger partial charge in [0.2, 0.25) is 5.91 Å². The van der Waals surface area contributed by atoms with Gasteiger partial charge in [0.05, 0.1) is 37.3 Å². The summed E-state index contributed by atoms with van der Waals surface area (Å²) in [4.78, 5) is 19.1. The number of para-hydroxylation sites is 2. The largest absolute Gasteiger partial charge is 0.495 e. The first-order valence-electron chi connectivity index (χ1n) is 12.3. The van der Waals surface area contributed by atoms with Gasteiger partial charge >= 0.3 is 0 Å². The van der Waals surface area contributed by atoms with E-state index in [0.717, 1.165) is 28.5 Å². The number of carbonyl (C=O) groups is 1. The highest BCUT2D eigenvalue weighted by Crippen LogP contribution is 2.44. The van der Waals surface area contributed by atoms with Gasteiger partial charge in [-0.15, -0.1) is 0 Å². The van der Waals surface area contributed by atoms with Gasteiger partial charge in [-0.3, -0.25) is 9.78 Å². The molecule has 4 aromatic rings. The average Bonchev–Trinajstić information content (AvgIpc) is 3.57. The van der Waals surface area contributed by atoms with Crippen molar-refractivity contribution in [3.05, 3.63) is 96.6 Å². The number of pyridine rings is 1. The van der Waals surface area contributed by atoms with E-state index in [0.29, 0.717) is 16.5 Å². The molecule has 0 aliphatic carbocycles. The van der Waals surface area contributed by atoms with Crippen molar-refractivity contribution in [1.29, 1.82) is 0 Å². The summed E-state index contributed by atoms with van der Waals surface area (Å²) in [6, 6.07) is 22.8. The van der Waals surface area contributed by atoms with Crippen molar-refractivity contribution in [2.45, 2.75) is 12.1 Å². The van der Waals surface area contributed by atoms with Crippen molar-refractivity contribution < 1.29 is 19.0 Å². The molecule has 1 amide bonds. The van der Waals surface area contributed by atoms with E-state index in [2.05, 4.69) is 26.3 Å². The average molecular weight is 544 g/mol. The number of rotatable bonds is 9. The van der Waals surface area contributed by atoms with Crippen LogP contribution in [-0.4, -0.2) is 48.5 Å². The van der Waals surface area contributed by atoms with E-state index >= 15 is 0 Å². The van der Waals surface area contributed by atoms with Crippen LogP contribution in [0.25, 0.3) is 5.69 Å². The first-order valence-corrected chi connectivity index (χ1v) is 12.7. The van der Waals surface area contributed by atoms with Crippen molar-refractivity contribution in [2.24, 2.45) is 0 Å².